The molecule has 0 bridgehead atoms. The fraction of sp³-hybridized carbons (Fsp3) is 0.500. The van der Waals surface area contributed by atoms with Crippen LogP contribution in [0.5, 0.6) is 0 Å². The summed E-state index contributed by atoms with van der Waals surface area (Å²) >= 11 is 5.83. The second-order valence-electron chi connectivity index (χ2n) is 6.15. The first kappa shape index (κ1) is 20.7. The number of aliphatic imine (C=N–C) groups is 2. The smallest absolute Gasteiger partial charge is 0.407 e. The minimum atomic E-state index is -0.593. The van der Waals surface area contributed by atoms with E-state index < -0.39 is 17.7 Å². The van der Waals surface area contributed by atoms with Gasteiger partial charge in [-0.05, 0) is 57.6 Å². The molecule has 9 heteroatoms. The molecule has 8 nitrogen and oxygen atoms in total. The molecule has 0 spiro atoms. The van der Waals surface area contributed by atoms with E-state index in [0.29, 0.717) is 17.1 Å². The van der Waals surface area contributed by atoms with Crippen molar-refractivity contribution in [1.29, 1.82) is 0 Å². The second-order valence-corrected chi connectivity index (χ2v) is 6.49. The van der Waals surface area contributed by atoms with Gasteiger partial charge in [-0.3, -0.25) is 0 Å². The molecule has 0 aliphatic heterocycles. The van der Waals surface area contributed by atoms with Gasteiger partial charge >= 0.3 is 12.1 Å². The van der Waals surface area contributed by atoms with E-state index in [2.05, 4.69) is 22.0 Å². The van der Waals surface area contributed by atoms with E-state index in [1.165, 1.54) is 7.11 Å². The van der Waals surface area contributed by atoms with Crippen LogP contribution in [0.15, 0.2) is 16.1 Å². The molecule has 1 N–H and O–H groups in total. The summed E-state index contributed by atoms with van der Waals surface area (Å²) in [5.41, 5.74) is 0.405. The molecule has 138 valence electrons. The van der Waals surface area contributed by atoms with Crippen molar-refractivity contribution >= 4 is 41.5 Å². The van der Waals surface area contributed by atoms with E-state index in [0.717, 1.165) is 0 Å². The number of halogens is 1. The Morgan fingerprint density at radius 1 is 1.40 bits per heavy atom. The van der Waals surface area contributed by atoms with Gasteiger partial charge in [-0.2, -0.15) is 0 Å². The summed E-state index contributed by atoms with van der Waals surface area (Å²) in [6, 6.07) is 1.63. The Morgan fingerprint density at radius 2 is 2.04 bits per heavy atom. The van der Waals surface area contributed by atoms with Gasteiger partial charge in [0, 0.05) is 13.1 Å². The number of amides is 1. The van der Waals surface area contributed by atoms with Gasteiger partial charge in [0.15, 0.2) is 0 Å². The quantitative estimate of drug-likeness (QED) is 0.373. The average molecular weight is 371 g/mol. The number of rotatable bonds is 5. The molecule has 0 aliphatic carbocycles. The number of aryl methyl sites for hydroxylation is 1. The topological polar surface area (TPSA) is 94.3 Å². The highest BCUT2D eigenvalue weighted by Crippen LogP contribution is 2.25. The number of hydrogen-bond acceptors (Lipinski definition) is 5. The first-order valence-corrected chi connectivity index (χ1v) is 7.93. The van der Waals surface area contributed by atoms with E-state index in [1.54, 1.807) is 38.3 Å². The lowest BCUT2D eigenvalue weighted by molar-refractivity contribution is 0.0526. The zero-order chi connectivity index (χ0) is 19.2. The van der Waals surface area contributed by atoms with Gasteiger partial charge in [0.05, 0.1) is 7.11 Å². The summed E-state index contributed by atoms with van der Waals surface area (Å²) in [6.07, 6.45) is -0.549. The van der Waals surface area contributed by atoms with Crippen molar-refractivity contribution in [2.75, 3.05) is 13.7 Å². The SMILES string of the molecule is C=N/C(Cl)=N\c1c(C)cc(C(=O)OC)n1CCNC(=O)OC(C)(C)C. The maximum atomic E-state index is 12.0. The maximum Gasteiger partial charge on any atom is 0.407 e. The third-order valence-electron chi connectivity index (χ3n) is 2.98. The van der Waals surface area contributed by atoms with Crippen molar-refractivity contribution in [3.63, 3.8) is 0 Å². The number of esters is 1. The van der Waals surface area contributed by atoms with Crippen molar-refractivity contribution in [3.8, 4) is 0 Å². The summed E-state index contributed by atoms with van der Waals surface area (Å²) in [4.78, 5) is 31.4. The molecule has 0 aromatic carbocycles. The normalized spacial score (nSPS) is 11.8. The number of alkyl carbamates (subject to hydrolysis) is 1. The van der Waals surface area contributed by atoms with Crippen molar-refractivity contribution < 1.29 is 19.1 Å². The molecular formula is C16H23ClN4O4. The predicted octanol–water partition coefficient (Wildman–Crippen LogP) is 3.03. The van der Waals surface area contributed by atoms with Crippen molar-refractivity contribution in [3.05, 3.63) is 17.3 Å². The van der Waals surface area contributed by atoms with Crippen molar-refractivity contribution in [1.82, 2.24) is 9.88 Å². The number of ether oxygens (including phenoxy) is 2. The highest BCUT2D eigenvalue weighted by Gasteiger charge is 2.20. The predicted molar refractivity (Wildman–Crippen MR) is 97.2 cm³/mol. The van der Waals surface area contributed by atoms with Crippen molar-refractivity contribution in [2.45, 2.75) is 39.8 Å². The Hall–Kier alpha value is -2.35. The molecule has 0 fully saturated rings. The Labute approximate surface area is 151 Å². The summed E-state index contributed by atoms with van der Waals surface area (Å²) in [7, 11) is 1.29. The number of carbonyl (C=O) groups excluding carboxylic acids is 2. The first-order valence-electron chi connectivity index (χ1n) is 7.55. The van der Waals surface area contributed by atoms with E-state index >= 15 is 0 Å². The Bertz CT molecular complexity index is 689. The lowest BCUT2D eigenvalue weighted by Gasteiger charge is -2.20. The molecule has 1 amide bonds. The fourth-order valence-corrected chi connectivity index (χ4v) is 2.11. The molecule has 0 aliphatic rings. The summed E-state index contributed by atoms with van der Waals surface area (Å²) in [5.74, 6) is -0.0895. The number of methoxy groups -OCH3 is 1. The monoisotopic (exact) mass is 370 g/mol. The van der Waals surface area contributed by atoms with E-state index in [9.17, 15) is 9.59 Å². The molecule has 1 aromatic rings. The largest absolute Gasteiger partial charge is 0.464 e. The number of aromatic nitrogens is 1. The van der Waals surface area contributed by atoms with Crippen LogP contribution >= 0.6 is 11.6 Å². The molecule has 0 saturated carbocycles. The Balaban J connectivity index is 3.01. The van der Waals surface area contributed by atoms with Crippen LogP contribution in [0.4, 0.5) is 10.6 Å². The summed E-state index contributed by atoms with van der Waals surface area (Å²) < 4.78 is 11.5. The number of hydrogen-bond donors (Lipinski definition) is 1. The zero-order valence-corrected chi connectivity index (χ0v) is 15.8. The number of nitrogens with one attached hydrogen (secondary N) is 1. The van der Waals surface area contributed by atoms with Gasteiger partial charge in [-0.25, -0.2) is 19.6 Å². The van der Waals surface area contributed by atoms with E-state index in [4.69, 9.17) is 21.1 Å². The molecule has 0 unspecified atom stereocenters. The summed E-state index contributed by atoms with van der Waals surface area (Å²) in [5, 5.41) is 2.57. The first-order chi connectivity index (χ1) is 11.6. The minimum Gasteiger partial charge on any atom is -0.464 e. The van der Waals surface area contributed by atoms with Crippen LogP contribution in [-0.4, -0.2) is 47.9 Å². The average Bonchev–Trinajstić information content (AvgIpc) is 2.81. The fourth-order valence-electron chi connectivity index (χ4n) is 2.03. The van der Waals surface area contributed by atoms with Crippen LogP contribution in [-0.2, 0) is 16.0 Å². The van der Waals surface area contributed by atoms with Gasteiger partial charge < -0.3 is 19.4 Å². The zero-order valence-electron chi connectivity index (χ0n) is 15.1. The molecule has 0 saturated heterocycles. The van der Waals surface area contributed by atoms with Gasteiger partial charge in [0.25, 0.3) is 0 Å². The van der Waals surface area contributed by atoms with Gasteiger partial charge in [-0.1, -0.05) is 0 Å². The maximum absolute atomic E-state index is 12.0. The van der Waals surface area contributed by atoms with Crippen LogP contribution in [0, 0.1) is 6.92 Å². The summed E-state index contributed by atoms with van der Waals surface area (Å²) in [6.45, 7) is 10.9. The lowest BCUT2D eigenvalue weighted by Crippen LogP contribution is -2.34. The van der Waals surface area contributed by atoms with Crippen LogP contribution in [0.3, 0.4) is 0 Å². The second kappa shape index (κ2) is 8.66. The van der Waals surface area contributed by atoms with Crippen molar-refractivity contribution in [2.24, 2.45) is 9.98 Å². The standard InChI is InChI=1S/C16H23ClN4O4/c1-10-9-11(13(22)24-6)21(12(10)20-14(17)18-5)8-7-19-15(23)25-16(2,3)4/h9H,5,7-8H2,1-4,6H3,(H,19,23)/b20-14-. The van der Waals surface area contributed by atoms with Crippen LogP contribution in [0.2, 0.25) is 0 Å². The molecule has 0 radical (unpaired) electrons. The third kappa shape index (κ3) is 6.22. The van der Waals surface area contributed by atoms with Gasteiger partial charge in [0.1, 0.15) is 17.1 Å². The molecule has 1 heterocycles. The van der Waals surface area contributed by atoms with Crippen LogP contribution in [0.25, 0.3) is 0 Å². The van der Waals surface area contributed by atoms with E-state index in [1.807, 2.05) is 0 Å². The van der Waals surface area contributed by atoms with Gasteiger partial charge in [0.2, 0.25) is 5.29 Å². The highest BCUT2D eigenvalue weighted by molar-refractivity contribution is 6.65. The number of amidine groups is 1. The Morgan fingerprint density at radius 3 is 2.56 bits per heavy atom. The van der Waals surface area contributed by atoms with Gasteiger partial charge in [-0.15, -0.1) is 0 Å². The molecule has 1 aromatic heterocycles. The number of nitrogens with zero attached hydrogens (tertiary/aromatic N) is 3. The minimum absolute atomic E-state index is 0.0565. The molecular weight excluding hydrogens is 348 g/mol. The molecule has 1 rings (SSSR count). The highest BCUT2D eigenvalue weighted by atomic mass is 35.5. The Kier molecular flexibility index (Phi) is 7.17. The molecule has 0 atom stereocenters. The van der Waals surface area contributed by atoms with Crippen LogP contribution < -0.4 is 5.32 Å². The molecule has 25 heavy (non-hydrogen) atoms. The van der Waals surface area contributed by atoms with Crippen LogP contribution in [0.1, 0.15) is 36.8 Å². The number of carbonyl (C=O) groups is 2. The van der Waals surface area contributed by atoms with E-state index in [-0.39, 0.29) is 18.4 Å². The third-order valence-corrected chi connectivity index (χ3v) is 3.18. The lowest BCUT2D eigenvalue weighted by atomic mass is 10.2.